The molecule has 1 aromatic rings. The van der Waals surface area contributed by atoms with Gasteiger partial charge in [-0.1, -0.05) is 13.0 Å². The second-order valence-electron chi connectivity index (χ2n) is 4.97. The summed E-state index contributed by atoms with van der Waals surface area (Å²) in [6.45, 7) is 6.40. The summed E-state index contributed by atoms with van der Waals surface area (Å²) in [6.07, 6.45) is 1.93. The highest BCUT2D eigenvalue weighted by atomic mass is 32.1. The van der Waals surface area contributed by atoms with Crippen molar-refractivity contribution in [2.75, 3.05) is 19.6 Å². The molecule has 3 nitrogen and oxygen atoms in total. The Hall–Kier alpha value is -0.870. The van der Waals surface area contributed by atoms with Crippen LogP contribution >= 0.6 is 11.3 Å². The number of hydrogen-bond acceptors (Lipinski definition) is 3. The third-order valence-corrected chi connectivity index (χ3v) is 4.94. The summed E-state index contributed by atoms with van der Waals surface area (Å²) >= 11 is 1.68. The van der Waals surface area contributed by atoms with E-state index < -0.39 is 0 Å². The lowest BCUT2D eigenvalue weighted by Gasteiger charge is -2.26. The van der Waals surface area contributed by atoms with Crippen molar-refractivity contribution >= 4 is 17.2 Å². The molecule has 1 amide bonds. The highest BCUT2D eigenvalue weighted by Gasteiger charge is 2.61. The molecule has 0 unspecified atom stereocenters. The third-order valence-electron chi connectivity index (χ3n) is 3.89. The smallest absolute Gasteiger partial charge is 0.234 e. The molecule has 0 bridgehead atoms. The zero-order valence-electron chi connectivity index (χ0n) is 11.2. The molecule has 0 radical (unpaired) electrons. The summed E-state index contributed by atoms with van der Waals surface area (Å²) < 4.78 is 0. The van der Waals surface area contributed by atoms with Gasteiger partial charge in [0.2, 0.25) is 5.91 Å². The van der Waals surface area contributed by atoms with Gasteiger partial charge < -0.3 is 10.6 Å². The number of nitrogens with zero attached hydrogens (tertiary/aromatic N) is 1. The van der Waals surface area contributed by atoms with Crippen molar-refractivity contribution in [3.63, 3.8) is 0 Å². The Bertz CT molecular complexity index is 404. The molecule has 0 spiro atoms. The van der Waals surface area contributed by atoms with E-state index in [4.69, 9.17) is 5.73 Å². The summed E-state index contributed by atoms with van der Waals surface area (Å²) in [7, 11) is 0. The molecule has 1 aliphatic carbocycles. The van der Waals surface area contributed by atoms with Crippen LogP contribution in [0.2, 0.25) is 0 Å². The number of likely N-dealkylation sites (N-methyl/N-ethyl adjacent to an activating group) is 1. The van der Waals surface area contributed by atoms with Gasteiger partial charge in [0, 0.05) is 18.0 Å². The Morgan fingerprint density at radius 3 is 2.83 bits per heavy atom. The molecule has 0 aromatic carbocycles. The van der Waals surface area contributed by atoms with Crippen LogP contribution in [0.25, 0.3) is 0 Å². The Morgan fingerprint density at radius 1 is 1.61 bits per heavy atom. The van der Waals surface area contributed by atoms with Gasteiger partial charge in [0.1, 0.15) is 0 Å². The molecule has 1 fully saturated rings. The first kappa shape index (κ1) is 13.6. The average Bonchev–Trinajstić information content (AvgIpc) is 2.88. The highest BCUT2D eigenvalue weighted by molar-refractivity contribution is 7.10. The molecule has 2 N–H and O–H groups in total. The number of nitrogens with two attached hydrogens (primary N) is 1. The zero-order chi connectivity index (χ0) is 13.2. The van der Waals surface area contributed by atoms with Crippen molar-refractivity contribution in [1.82, 2.24) is 4.90 Å². The molecular weight excluding hydrogens is 244 g/mol. The van der Waals surface area contributed by atoms with E-state index in [0.29, 0.717) is 12.5 Å². The van der Waals surface area contributed by atoms with Crippen LogP contribution in [0.5, 0.6) is 0 Å². The van der Waals surface area contributed by atoms with E-state index in [1.807, 2.05) is 16.3 Å². The largest absolute Gasteiger partial charge is 0.342 e. The lowest BCUT2D eigenvalue weighted by atomic mass is 9.99. The van der Waals surface area contributed by atoms with Crippen molar-refractivity contribution in [3.8, 4) is 0 Å². The molecule has 1 aromatic heterocycles. The van der Waals surface area contributed by atoms with Gasteiger partial charge in [-0.25, -0.2) is 0 Å². The van der Waals surface area contributed by atoms with Crippen LogP contribution in [-0.4, -0.2) is 30.4 Å². The standard InChI is InChI=1S/C14H22N2OS/c1-3-7-16(4-2)13(17)14(9-11(14)10-15)12-6-5-8-18-12/h5-6,8,11H,3-4,7,9-10,15H2,1-2H3/t11-,14-/m0/s1. The maximum Gasteiger partial charge on any atom is 0.234 e. The second-order valence-corrected chi connectivity index (χ2v) is 5.92. The third kappa shape index (κ3) is 2.08. The topological polar surface area (TPSA) is 46.3 Å². The number of carbonyl (C=O) groups is 1. The molecule has 1 aliphatic rings. The van der Waals surface area contributed by atoms with Crippen molar-refractivity contribution < 1.29 is 4.79 Å². The first-order chi connectivity index (χ1) is 8.70. The van der Waals surface area contributed by atoms with Crippen LogP contribution in [-0.2, 0) is 10.2 Å². The summed E-state index contributed by atoms with van der Waals surface area (Å²) in [5.74, 6) is 0.610. The number of carbonyl (C=O) groups excluding carboxylic acids is 1. The van der Waals surface area contributed by atoms with Gasteiger partial charge in [-0.05, 0) is 43.7 Å². The fourth-order valence-corrected chi connectivity index (χ4v) is 3.78. The fourth-order valence-electron chi connectivity index (χ4n) is 2.77. The SMILES string of the molecule is CCCN(CC)C(=O)[C@@]1(c2cccs2)C[C@H]1CN. The van der Waals surface area contributed by atoms with Crippen LogP contribution in [0.4, 0.5) is 0 Å². The summed E-state index contributed by atoms with van der Waals surface area (Å²) in [5, 5.41) is 2.05. The fraction of sp³-hybridized carbons (Fsp3) is 0.643. The lowest BCUT2D eigenvalue weighted by Crippen LogP contribution is -2.41. The van der Waals surface area contributed by atoms with E-state index >= 15 is 0 Å². The van der Waals surface area contributed by atoms with Gasteiger partial charge in [-0.2, -0.15) is 0 Å². The predicted molar refractivity (Wildman–Crippen MR) is 75.7 cm³/mol. The number of thiophene rings is 1. The summed E-state index contributed by atoms with van der Waals surface area (Å²) in [6, 6.07) is 4.11. The van der Waals surface area contributed by atoms with Crippen LogP contribution in [0, 0.1) is 5.92 Å². The number of amides is 1. The minimum atomic E-state index is -0.298. The van der Waals surface area contributed by atoms with E-state index in [0.717, 1.165) is 25.9 Å². The molecule has 2 rings (SSSR count). The van der Waals surface area contributed by atoms with E-state index in [1.165, 1.54) is 4.88 Å². The normalized spacial score (nSPS) is 26.1. The molecule has 2 atom stereocenters. The first-order valence-corrected chi connectivity index (χ1v) is 7.62. The van der Waals surface area contributed by atoms with Gasteiger partial charge >= 0.3 is 0 Å². The minimum absolute atomic E-state index is 0.282. The maximum absolute atomic E-state index is 12.8. The van der Waals surface area contributed by atoms with Gasteiger partial charge in [-0.3, -0.25) is 4.79 Å². The molecule has 18 heavy (non-hydrogen) atoms. The lowest BCUT2D eigenvalue weighted by molar-refractivity contribution is -0.134. The van der Waals surface area contributed by atoms with Crippen molar-refractivity contribution in [1.29, 1.82) is 0 Å². The van der Waals surface area contributed by atoms with Crippen molar-refractivity contribution in [2.24, 2.45) is 11.7 Å². The molecule has 1 saturated carbocycles. The van der Waals surface area contributed by atoms with Crippen LogP contribution in [0.3, 0.4) is 0 Å². The molecule has 100 valence electrons. The van der Waals surface area contributed by atoms with E-state index in [-0.39, 0.29) is 11.3 Å². The van der Waals surface area contributed by atoms with Gasteiger partial charge in [-0.15, -0.1) is 11.3 Å². The summed E-state index contributed by atoms with van der Waals surface area (Å²) in [4.78, 5) is 16.0. The maximum atomic E-state index is 12.8. The monoisotopic (exact) mass is 266 g/mol. The van der Waals surface area contributed by atoms with Crippen LogP contribution in [0.15, 0.2) is 17.5 Å². The van der Waals surface area contributed by atoms with Gasteiger partial charge in [0.15, 0.2) is 0 Å². The number of rotatable bonds is 6. The van der Waals surface area contributed by atoms with Crippen molar-refractivity contribution in [2.45, 2.75) is 32.1 Å². The molecular formula is C14H22N2OS. The Morgan fingerprint density at radius 2 is 2.39 bits per heavy atom. The molecule has 1 heterocycles. The molecule has 0 saturated heterocycles. The quantitative estimate of drug-likeness (QED) is 0.858. The second kappa shape index (κ2) is 5.41. The van der Waals surface area contributed by atoms with Gasteiger partial charge in [0.25, 0.3) is 0 Å². The van der Waals surface area contributed by atoms with Crippen LogP contribution in [0.1, 0.15) is 31.6 Å². The average molecular weight is 266 g/mol. The van der Waals surface area contributed by atoms with E-state index in [2.05, 4.69) is 19.9 Å². The molecule has 0 aliphatic heterocycles. The Labute approximate surface area is 113 Å². The van der Waals surface area contributed by atoms with Crippen LogP contribution < -0.4 is 5.73 Å². The predicted octanol–water partition coefficient (Wildman–Crippen LogP) is 2.22. The zero-order valence-corrected chi connectivity index (χ0v) is 12.0. The highest BCUT2D eigenvalue weighted by Crippen LogP contribution is 2.56. The Balaban J connectivity index is 2.24. The Kier molecular flexibility index (Phi) is 4.07. The van der Waals surface area contributed by atoms with E-state index in [9.17, 15) is 4.79 Å². The van der Waals surface area contributed by atoms with Crippen molar-refractivity contribution in [3.05, 3.63) is 22.4 Å². The first-order valence-electron chi connectivity index (χ1n) is 6.74. The van der Waals surface area contributed by atoms with E-state index in [1.54, 1.807) is 11.3 Å². The molecule has 4 heteroatoms. The summed E-state index contributed by atoms with van der Waals surface area (Å²) in [5.41, 5.74) is 5.51. The number of hydrogen-bond donors (Lipinski definition) is 1. The minimum Gasteiger partial charge on any atom is -0.342 e. The van der Waals surface area contributed by atoms with Gasteiger partial charge in [0.05, 0.1) is 5.41 Å².